The van der Waals surface area contributed by atoms with Gasteiger partial charge < -0.3 is 10.5 Å². The molecule has 0 saturated carbocycles. The Labute approximate surface area is 90.6 Å². The average molecular weight is 235 g/mol. The molecule has 0 aromatic carbocycles. The zero-order chi connectivity index (χ0) is 12.2. The standard InChI is InChI=1S/C9H12F3N3O/c1-16-8-3-2-7(14-15-8)6(13)4-5-9(10,11)12/h2-3,6H,4-5,13H2,1H3. The van der Waals surface area contributed by atoms with Gasteiger partial charge >= 0.3 is 6.18 Å². The molecule has 0 aliphatic rings. The van der Waals surface area contributed by atoms with Crippen LogP contribution in [-0.2, 0) is 0 Å². The molecule has 1 heterocycles. The van der Waals surface area contributed by atoms with Gasteiger partial charge in [-0.05, 0) is 12.5 Å². The predicted octanol–water partition coefficient (Wildman–Crippen LogP) is 1.83. The van der Waals surface area contributed by atoms with Gasteiger partial charge in [-0.15, -0.1) is 5.10 Å². The molecule has 2 N–H and O–H groups in total. The van der Waals surface area contributed by atoms with Crippen molar-refractivity contribution in [1.82, 2.24) is 10.2 Å². The lowest BCUT2D eigenvalue weighted by Crippen LogP contribution is -2.17. The molecule has 0 aliphatic heterocycles. The fraction of sp³-hybridized carbons (Fsp3) is 0.556. The van der Waals surface area contributed by atoms with Gasteiger partial charge in [-0.2, -0.15) is 18.3 Å². The Morgan fingerprint density at radius 2 is 2.06 bits per heavy atom. The van der Waals surface area contributed by atoms with Gasteiger partial charge in [0.05, 0.1) is 12.8 Å². The summed E-state index contributed by atoms with van der Waals surface area (Å²) in [5.41, 5.74) is 5.87. The highest BCUT2D eigenvalue weighted by molar-refractivity contribution is 5.13. The Morgan fingerprint density at radius 1 is 1.38 bits per heavy atom. The number of alkyl halides is 3. The van der Waals surface area contributed by atoms with Crippen LogP contribution in [0.15, 0.2) is 12.1 Å². The van der Waals surface area contributed by atoms with Crippen LogP contribution in [0.1, 0.15) is 24.6 Å². The number of methoxy groups -OCH3 is 1. The van der Waals surface area contributed by atoms with Gasteiger partial charge in [-0.1, -0.05) is 0 Å². The smallest absolute Gasteiger partial charge is 0.389 e. The van der Waals surface area contributed by atoms with E-state index < -0.39 is 18.6 Å². The van der Waals surface area contributed by atoms with Crippen LogP contribution in [0.2, 0.25) is 0 Å². The van der Waals surface area contributed by atoms with Crippen LogP contribution in [0, 0.1) is 0 Å². The second-order valence-electron chi connectivity index (χ2n) is 3.26. The number of ether oxygens (including phenoxy) is 1. The Balaban J connectivity index is 2.56. The molecule has 0 saturated heterocycles. The van der Waals surface area contributed by atoms with Gasteiger partial charge in [-0.25, -0.2) is 0 Å². The summed E-state index contributed by atoms with van der Waals surface area (Å²) in [6, 6.07) is 2.25. The average Bonchev–Trinajstić information content (AvgIpc) is 2.25. The highest BCUT2D eigenvalue weighted by Crippen LogP contribution is 2.25. The number of hydrogen-bond donors (Lipinski definition) is 1. The highest BCUT2D eigenvalue weighted by atomic mass is 19.4. The molecular formula is C9H12F3N3O. The van der Waals surface area contributed by atoms with E-state index in [-0.39, 0.29) is 6.42 Å². The molecule has 16 heavy (non-hydrogen) atoms. The first-order chi connectivity index (χ1) is 7.42. The van der Waals surface area contributed by atoms with Gasteiger partial charge in [-0.3, -0.25) is 0 Å². The van der Waals surface area contributed by atoms with Gasteiger partial charge in [0.2, 0.25) is 5.88 Å². The van der Waals surface area contributed by atoms with Crippen LogP contribution in [0.25, 0.3) is 0 Å². The zero-order valence-corrected chi connectivity index (χ0v) is 8.66. The minimum atomic E-state index is -4.20. The van der Waals surface area contributed by atoms with Crippen molar-refractivity contribution in [2.24, 2.45) is 5.73 Å². The highest BCUT2D eigenvalue weighted by Gasteiger charge is 2.28. The van der Waals surface area contributed by atoms with Crippen LogP contribution < -0.4 is 10.5 Å². The third-order valence-corrected chi connectivity index (χ3v) is 1.99. The summed E-state index contributed by atoms with van der Waals surface area (Å²) in [4.78, 5) is 0. The molecule has 0 bridgehead atoms. The van der Waals surface area contributed by atoms with E-state index in [1.54, 1.807) is 0 Å². The molecule has 0 fully saturated rings. The first-order valence-corrected chi connectivity index (χ1v) is 4.62. The Bertz CT molecular complexity index is 326. The van der Waals surface area contributed by atoms with Crippen molar-refractivity contribution in [2.75, 3.05) is 7.11 Å². The first-order valence-electron chi connectivity index (χ1n) is 4.62. The van der Waals surface area contributed by atoms with Crippen LogP contribution in [0.4, 0.5) is 13.2 Å². The SMILES string of the molecule is COc1ccc(C(N)CCC(F)(F)F)nn1. The molecule has 1 unspecified atom stereocenters. The van der Waals surface area contributed by atoms with Gasteiger partial charge in [0.15, 0.2) is 0 Å². The summed E-state index contributed by atoms with van der Waals surface area (Å²) in [6.45, 7) is 0. The Morgan fingerprint density at radius 3 is 2.50 bits per heavy atom. The summed E-state index contributed by atoms with van der Waals surface area (Å²) in [7, 11) is 1.42. The van der Waals surface area contributed by atoms with E-state index >= 15 is 0 Å². The molecule has 1 atom stereocenters. The normalized spacial score (nSPS) is 13.6. The molecule has 1 rings (SSSR count). The molecule has 7 heteroatoms. The lowest BCUT2D eigenvalue weighted by Gasteiger charge is -2.12. The molecule has 0 amide bonds. The number of nitrogens with two attached hydrogens (primary N) is 1. The summed E-state index contributed by atoms with van der Waals surface area (Å²) < 4.78 is 40.6. The topological polar surface area (TPSA) is 61.0 Å². The molecule has 90 valence electrons. The molecule has 1 aromatic heterocycles. The van der Waals surface area contributed by atoms with Crippen molar-refractivity contribution >= 4 is 0 Å². The molecule has 0 aliphatic carbocycles. The van der Waals surface area contributed by atoms with E-state index in [1.807, 2.05) is 0 Å². The van der Waals surface area contributed by atoms with Crippen LogP contribution >= 0.6 is 0 Å². The lowest BCUT2D eigenvalue weighted by atomic mass is 10.1. The van der Waals surface area contributed by atoms with Crippen LogP contribution in [0.5, 0.6) is 5.88 Å². The number of hydrogen-bond acceptors (Lipinski definition) is 4. The lowest BCUT2D eigenvalue weighted by molar-refractivity contribution is -0.136. The number of rotatable bonds is 4. The quantitative estimate of drug-likeness (QED) is 0.864. The minimum Gasteiger partial charge on any atom is -0.480 e. The van der Waals surface area contributed by atoms with Crippen molar-refractivity contribution in [3.63, 3.8) is 0 Å². The summed E-state index contributed by atoms with van der Waals surface area (Å²) >= 11 is 0. The van der Waals surface area contributed by atoms with Crippen molar-refractivity contribution in [1.29, 1.82) is 0 Å². The number of aromatic nitrogens is 2. The number of nitrogens with zero attached hydrogens (tertiary/aromatic N) is 2. The Hall–Kier alpha value is -1.37. The molecule has 4 nitrogen and oxygen atoms in total. The largest absolute Gasteiger partial charge is 0.480 e. The monoisotopic (exact) mass is 235 g/mol. The maximum absolute atomic E-state index is 11.9. The van der Waals surface area contributed by atoms with E-state index in [0.29, 0.717) is 11.6 Å². The second-order valence-corrected chi connectivity index (χ2v) is 3.26. The minimum absolute atomic E-state index is 0.204. The molecule has 1 aromatic rings. The van der Waals surface area contributed by atoms with Crippen LogP contribution in [0.3, 0.4) is 0 Å². The van der Waals surface area contributed by atoms with Gasteiger partial charge in [0.25, 0.3) is 0 Å². The molecule has 0 radical (unpaired) electrons. The number of halogens is 3. The van der Waals surface area contributed by atoms with Gasteiger partial charge in [0, 0.05) is 18.5 Å². The molecular weight excluding hydrogens is 223 g/mol. The summed E-state index contributed by atoms with van der Waals surface area (Å²) in [5.74, 6) is 0.298. The van der Waals surface area contributed by atoms with Crippen LogP contribution in [-0.4, -0.2) is 23.5 Å². The zero-order valence-electron chi connectivity index (χ0n) is 8.66. The van der Waals surface area contributed by atoms with E-state index in [1.165, 1.54) is 19.2 Å². The Kier molecular flexibility index (Phi) is 4.05. The molecule has 0 spiro atoms. The van der Waals surface area contributed by atoms with E-state index in [4.69, 9.17) is 10.5 Å². The van der Waals surface area contributed by atoms with Crippen molar-refractivity contribution in [2.45, 2.75) is 25.1 Å². The fourth-order valence-electron chi connectivity index (χ4n) is 1.10. The summed E-state index contributed by atoms with van der Waals surface area (Å²) in [6.07, 6.45) is -5.33. The van der Waals surface area contributed by atoms with Crippen molar-refractivity contribution < 1.29 is 17.9 Å². The maximum Gasteiger partial charge on any atom is 0.389 e. The third kappa shape index (κ3) is 4.01. The van der Waals surface area contributed by atoms with E-state index in [9.17, 15) is 13.2 Å². The fourth-order valence-corrected chi connectivity index (χ4v) is 1.10. The third-order valence-electron chi connectivity index (χ3n) is 1.99. The van der Waals surface area contributed by atoms with Crippen molar-refractivity contribution in [3.8, 4) is 5.88 Å². The second kappa shape index (κ2) is 5.11. The first kappa shape index (κ1) is 12.7. The summed E-state index contributed by atoms with van der Waals surface area (Å²) in [5, 5.41) is 7.31. The van der Waals surface area contributed by atoms with Gasteiger partial charge in [0.1, 0.15) is 0 Å². The van der Waals surface area contributed by atoms with Crippen molar-refractivity contribution in [3.05, 3.63) is 17.8 Å². The van der Waals surface area contributed by atoms with E-state index in [0.717, 1.165) is 0 Å². The van der Waals surface area contributed by atoms with E-state index in [2.05, 4.69) is 10.2 Å². The predicted molar refractivity (Wildman–Crippen MR) is 50.8 cm³/mol. The maximum atomic E-state index is 11.9.